The van der Waals surface area contributed by atoms with Crippen LogP contribution in [0, 0.1) is 0 Å². The lowest BCUT2D eigenvalue weighted by Gasteiger charge is -2.06. The van der Waals surface area contributed by atoms with Crippen molar-refractivity contribution in [2.24, 2.45) is 0 Å². The smallest absolute Gasteiger partial charge is 0.307 e. The van der Waals surface area contributed by atoms with E-state index in [4.69, 9.17) is 4.74 Å². The molecular weight excluding hydrogens is 276 g/mol. The largest absolute Gasteiger partial charge is 0.466 e. The molecule has 1 amide bonds. The van der Waals surface area contributed by atoms with Crippen molar-refractivity contribution in [3.63, 3.8) is 0 Å². The van der Waals surface area contributed by atoms with Crippen LogP contribution in [0.15, 0.2) is 36.0 Å². The van der Waals surface area contributed by atoms with Gasteiger partial charge < -0.3 is 14.6 Å². The molecule has 0 bridgehead atoms. The highest BCUT2D eigenvalue weighted by Crippen LogP contribution is 2.21. The summed E-state index contributed by atoms with van der Waals surface area (Å²) >= 11 is 1.38. The molecule has 106 valence electrons. The average molecular weight is 292 g/mol. The van der Waals surface area contributed by atoms with E-state index in [0.717, 1.165) is 5.69 Å². The second-order valence-electron chi connectivity index (χ2n) is 4.04. The quantitative estimate of drug-likeness (QED) is 0.830. The number of aromatic nitrogens is 1. The fourth-order valence-electron chi connectivity index (χ4n) is 1.76. The Morgan fingerprint density at radius 1 is 1.35 bits per heavy atom. The lowest BCUT2D eigenvalue weighted by molar-refractivity contribution is -0.142. The molecule has 1 N–H and O–H groups in total. The van der Waals surface area contributed by atoms with E-state index < -0.39 is 0 Å². The first kappa shape index (κ1) is 14.3. The van der Waals surface area contributed by atoms with Crippen molar-refractivity contribution in [3.05, 3.63) is 40.8 Å². The molecule has 0 aliphatic rings. The van der Waals surface area contributed by atoms with Crippen molar-refractivity contribution in [2.45, 2.75) is 13.3 Å². The summed E-state index contributed by atoms with van der Waals surface area (Å²) in [4.78, 5) is 23.9. The van der Waals surface area contributed by atoms with Crippen LogP contribution in [0.3, 0.4) is 0 Å². The summed E-state index contributed by atoms with van der Waals surface area (Å²) in [5, 5.41) is 4.60. The van der Waals surface area contributed by atoms with Crippen molar-refractivity contribution in [3.8, 4) is 5.69 Å². The van der Waals surface area contributed by atoms with Gasteiger partial charge in [-0.3, -0.25) is 9.59 Å². The van der Waals surface area contributed by atoms with Crippen LogP contribution in [0.2, 0.25) is 0 Å². The van der Waals surface area contributed by atoms with E-state index in [1.807, 2.05) is 40.5 Å². The minimum atomic E-state index is -0.301. The Bertz CT molecular complexity index is 575. The molecule has 0 saturated carbocycles. The summed E-state index contributed by atoms with van der Waals surface area (Å²) in [6.45, 7) is 2.39. The molecule has 2 heterocycles. The number of nitrogens with one attached hydrogen (secondary N) is 1. The maximum atomic E-state index is 12.1. The van der Waals surface area contributed by atoms with Crippen LogP contribution in [0.4, 0.5) is 0 Å². The predicted molar refractivity (Wildman–Crippen MR) is 77.2 cm³/mol. The molecule has 0 aromatic carbocycles. The normalized spacial score (nSPS) is 10.2. The Hall–Kier alpha value is -2.08. The molecule has 0 atom stereocenters. The number of thiophene rings is 1. The number of amides is 1. The number of esters is 1. The Balaban J connectivity index is 1.94. The van der Waals surface area contributed by atoms with Crippen molar-refractivity contribution in [1.82, 2.24) is 9.88 Å². The van der Waals surface area contributed by atoms with E-state index in [1.54, 1.807) is 6.92 Å². The molecule has 2 rings (SSSR count). The summed E-state index contributed by atoms with van der Waals surface area (Å²) < 4.78 is 6.69. The Morgan fingerprint density at radius 2 is 2.10 bits per heavy atom. The van der Waals surface area contributed by atoms with Gasteiger partial charge in [0.15, 0.2) is 0 Å². The lowest BCUT2D eigenvalue weighted by Crippen LogP contribution is -2.26. The molecule has 0 aliphatic carbocycles. The van der Waals surface area contributed by atoms with Gasteiger partial charge in [-0.1, -0.05) is 0 Å². The number of hydrogen-bond donors (Lipinski definition) is 1. The predicted octanol–water partition coefficient (Wildman–Crippen LogP) is 2.22. The van der Waals surface area contributed by atoms with Crippen molar-refractivity contribution >= 4 is 23.2 Å². The van der Waals surface area contributed by atoms with E-state index in [0.29, 0.717) is 11.5 Å². The van der Waals surface area contributed by atoms with Gasteiger partial charge in [-0.15, -0.1) is 11.3 Å². The monoisotopic (exact) mass is 292 g/mol. The van der Waals surface area contributed by atoms with Crippen LogP contribution < -0.4 is 5.32 Å². The highest BCUT2D eigenvalue weighted by molar-refractivity contribution is 7.12. The number of ether oxygens (including phenoxy) is 1. The van der Waals surface area contributed by atoms with Crippen LogP contribution >= 0.6 is 11.3 Å². The van der Waals surface area contributed by atoms with Gasteiger partial charge in [0, 0.05) is 18.9 Å². The number of hydrogen-bond acceptors (Lipinski definition) is 4. The van der Waals surface area contributed by atoms with Gasteiger partial charge >= 0.3 is 5.97 Å². The van der Waals surface area contributed by atoms with Gasteiger partial charge in [0.1, 0.15) is 4.88 Å². The Kier molecular flexibility index (Phi) is 4.95. The number of carbonyl (C=O) groups excluding carboxylic acids is 2. The van der Waals surface area contributed by atoms with Crippen molar-refractivity contribution < 1.29 is 14.3 Å². The standard InChI is InChI=1S/C14H16N2O3S/c1-2-19-12(17)5-7-15-14(18)13-11(6-10-20-13)16-8-3-4-9-16/h3-4,6,8-10H,2,5,7H2,1H3,(H,15,18). The first-order chi connectivity index (χ1) is 9.72. The van der Waals surface area contributed by atoms with Crippen molar-refractivity contribution in [1.29, 1.82) is 0 Å². The Labute approximate surface area is 121 Å². The zero-order valence-electron chi connectivity index (χ0n) is 11.2. The first-order valence-corrected chi connectivity index (χ1v) is 7.25. The summed E-state index contributed by atoms with van der Waals surface area (Å²) in [6, 6.07) is 5.70. The van der Waals surface area contributed by atoms with Gasteiger partial charge in [-0.2, -0.15) is 0 Å². The fourth-order valence-corrected chi connectivity index (χ4v) is 2.57. The molecule has 2 aromatic rings. The van der Waals surface area contributed by atoms with Gasteiger partial charge in [-0.05, 0) is 30.5 Å². The molecule has 20 heavy (non-hydrogen) atoms. The molecule has 0 unspecified atom stereocenters. The maximum Gasteiger partial charge on any atom is 0.307 e. The van der Waals surface area contributed by atoms with E-state index in [1.165, 1.54) is 11.3 Å². The van der Waals surface area contributed by atoms with Crippen LogP contribution in [-0.2, 0) is 9.53 Å². The molecule has 6 heteroatoms. The molecular formula is C14H16N2O3S. The topological polar surface area (TPSA) is 60.3 Å². The first-order valence-electron chi connectivity index (χ1n) is 6.37. The third kappa shape index (κ3) is 3.48. The van der Waals surface area contributed by atoms with Crippen LogP contribution in [0.5, 0.6) is 0 Å². The summed E-state index contributed by atoms with van der Waals surface area (Å²) in [6.07, 6.45) is 3.96. The summed E-state index contributed by atoms with van der Waals surface area (Å²) in [5.41, 5.74) is 0.841. The third-order valence-corrected chi connectivity index (χ3v) is 3.56. The molecule has 0 saturated heterocycles. The highest BCUT2D eigenvalue weighted by Gasteiger charge is 2.14. The molecule has 5 nitrogen and oxygen atoms in total. The van der Waals surface area contributed by atoms with E-state index in [-0.39, 0.29) is 24.8 Å². The number of nitrogens with zero attached hydrogens (tertiary/aromatic N) is 1. The van der Waals surface area contributed by atoms with Crippen molar-refractivity contribution in [2.75, 3.05) is 13.2 Å². The minimum absolute atomic E-state index is 0.173. The zero-order valence-corrected chi connectivity index (χ0v) is 12.0. The van der Waals surface area contributed by atoms with Crippen LogP contribution in [0.25, 0.3) is 5.69 Å². The van der Waals surface area contributed by atoms with Gasteiger partial charge in [-0.25, -0.2) is 0 Å². The lowest BCUT2D eigenvalue weighted by atomic mass is 10.3. The van der Waals surface area contributed by atoms with E-state index in [9.17, 15) is 9.59 Å². The van der Waals surface area contributed by atoms with Gasteiger partial charge in [0.25, 0.3) is 5.91 Å². The molecule has 0 fully saturated rings. The minimum Gasteiger partial charge on any atom is -0.466 e. The molecule has 0 radical (unpaired) electrons. The number of rotatable bonds is 6. The van der Waals surface area contributed by atoms with Gasteiger partial charge in [0.2, 0.25) is 0 Å². The Morgan fingerprint density at radius 3 is 2.80 bits per heavy atom. The SMILES string of the molecule is CCOC(=O)CCNC(=O)c1sccc1-n1cccc1. The van der Waals surface area contributed by atoms with Gasteiger partial charge in [0.05, 0.1) is 18.7 Å². The van der Waals surface area contributed by atoms with E-state index in [2.05, 4.69) is 5.32 Å². The third-order valence-electron chi connectivity index (χ3n) is 2.65. The molecule has 0 aliphatic heterocycles. The summed E-state index contributed by atoms with van der Waals surface area (Å²) in [5.74, 6) is -0.474. The second-order valence-corrected chi connectivity index (χ2v) is 4.95. The van der Waals surface area contributed by atoms with E-state index >= 15 is 0 Å². The molecule has 0 spiro atoms. The zero-order chi connectivity index (χ0) is 14.4. The van der Waals surface area contributed by atoms with Crippen LogP contribution in [-0.4, -0.2) is 29.6 Å². The number of carbonyl (C=O) groups is 2. The maximum absolute atomic E-state index is 12.1. The highest BCUT2D eigenvalue weighted by atomic mass is 32.1. The average Bonchev–Trinajstić information content (AvgIpc) is 3.09. The molecule has 2 aromatic heterocycles. The summed E-state index contributed by atoms with van der Waals surface area (Å²) in [7, 11) is 0. The second kappa shape index (κ2) is 6.91. The van der Waals surface area contributed by atoms with Crippen LogP contribution in [0.1, 0.15) is 23.0 Å². The fraction of sp³-hybridized carbons (Fsp3) is 0.286.